The van der Waals surface area contributed by atoms with E-state index in [1.807, 2.05) is 54.6 Å². The average Bonchev–Trinajstić information content (AvgIpc) is 2.60. The van der Waals surface area contributed by atoms with Crippen LogP contribution in [0, 0.1) is 0 Å². The zero-order valence-corrected chi connectivity index (χ0v) is 14.6. The first kappa shape index (κ1) is 15.7. The standard InChI is InChI=1S/C19H17BrO3/c1-21-16-10-11-17(23-12-13-6-4-3-5-7-13)18-14(16)8-9-15(20)19(18)22-2/h3-11H,12H2,1-2H3. The molecule has 0 unspecified atom stereocenters. The monoisotopic (exact) mass is 372 g/mol. The van der Waals surface area contributed by atoms with Gasteiger partial charge in [-0.1, -0.05) is 30.3 Å². The smallest absolute Gasteiger partial charge is 0.144 e. The summed E-state index contributed by atoms with van der Waals surface area (Å²) < 4.78 is 18.0. The SMILES string of the molecule is COc1ccc(OCc2ccccc2)c2c(OC)c(Br)ccc12. The molecule has 0 N–H and O–H groups in total. The molecule has 0 aliphatic carbocycles. The summed E-state index contributed by atoms with van der Waals surface area (Å²) >= 11 is 3.53. The van der Waals surface area contributed by atoms with Gasteiger partial charge in [0.2, 0.25) is 0 Å². The van der Waals surface area contributed by atoms with E-state index in [1.165, 1.54) is 0 Å². The van der Waals surface area contributed by atoms with Crippen molar-refractivity contribution in [3.8, 4) is 17.2 Å². The van der Waals surface area contributed by atoms with Crippen molar-refractivity contribution in [3.63, 3.8) is 0 Å². The van der Waals surface area contributed by atoms with Crippen molar-refractivity contribution in [2.24, 2.45) is 0 Å². The molecule has 0 aliphatic heterocycles. The van der Waals surface area contributed by atoms with Gasteiger partial charge in [-0.25, -0.2) is 0 Å². The highest BCUT2D eigenvalue weighted by Gasteiger charge is 2.15. The molecule has 0 spiro atoms. The van der Waals surface area contributed by atoms with Gasteiger partial charge in [0.05, 0.1) is 24.1 Å². The maximum Gasteiger partial charge on any atom is 0.144 e. The Kier molecular flexibility index (Phi) is 4.72. The van der Waals surface area contributed by atoms with Crippen LogP contribution in [0.25, 0.3) is 10.8 Å². The Hall–Kier alpha value is -2.20. The molecule has 0 saturated heterocycles. The van der Waals surface area contributed by atoms with Crippen molar-refractivity contribution >= 4 is 26.7 Å². The molecule has 0 amide bonds. The summed E-state index contributed by atoms with van der Waals surface area (Å²) in [5.41, 5.74) is 1.12. The van der Waals surface area contributed by atoms with E-state index in [2.05, 4.69) is 15.9 Å². The van der Waals surface area contributed by atoms with E-state index in [1.54, 1.807) is 14.2 Å². The van der Waals surface area contributed by atoms with Gasteiger partial charge < -0.3 is 14.2 Å². The van der Waals surface area contributed by atoms with Gasteiger partial charge in [0.15, 0.2) is 0 Å². The Bertz CT molecular complexity index is 816. The number of methoxy groups -OCH3 is 2. The molecule has 0 radical (unpaired) electrons. The van der Waals surface area contributed by atoms with Crippen molar-refractivity contribution in [1.82, 2.24) is 0 Å². The lowest BCUT2D eigenvalue weighted by Gasteiger charge is -2.15. The van der Waals surface area contributed by atoms with E-state index in [9.17, 15) is 0 Å². The molecule has 3 aromatic rings. The maximum atomic E-state index is 6.05. The molecule has 0 aromatic heterocycles. The quantitative estimate of drug-likeness (QED) is 0.615. The predicted molar refractivity (Wildman–Crippen MR) is 95.5 cm³/mol. The van der Waals surface area contributed by atoms with Crippen LogP contribution < -0.4 is 14.2 Å². The van der Waals surface area contributed by atoms with Crippen LogP contribution in [-0.4, -0.2) is 14.2 Å². The number of fused-ring (bicyclic) bond motifs is 1. The first-order chi connectivity index (χ1) is 11.2. The van der Waals surface area contributed by atoms with E-state index < -0.39 is 0 Å². The predicted octanol–water partition coefficient (Wildman–Crippen LogP) is 5.20. The molecule has 0 aliphatic rings. The molecule has 3 aromatic carbocycles. The van der Waals surface area contributed by atoms with Gasteiger partial charge in [-0.05, 0) is 45.8 Å². The van der Waals surface area contributed by atoms with Crippen LogP contribution in [0.4, 0.5) is 0 Å². The minimum Gasteiger partial charge on any atom is -0.496 e. The highest BCUT2D eigenvalue weighted by molar-refractivity contribution is 9.10. The van der Waals surface area contributed by atoms with E-state index in [0.717, 1.165) is 38.1 Å². The summed E-state index contributed by atoms with van der Waals surface area (Å²) in [6.07, 6.45) is 0. The molecule has 0 heterocycles. The minimum absolute atomic E-state index is 0.498. The van der Waals surface area contributed by atoms with Crippen LogP contribution in [0.15, 0.2) is 59.1 Å². The summed E-state index contributed by atoms with van der Waals surface area (Å²) in [5.74, 6) is 2.30. The zero-order chi connectivity index (χ0) is 16.2. The first-order valence-electron chi connectivity index (χ1n) is 7.24. The van der Waals surface area contributed by atoms with Crippen molar-refractivity contribution in [1.29, 1.82) is 0 Å². The Balaban J connectivity index is 2.07. The fourth-order valence-corrected chi connectivity index (χ4v) is 3.06. The van der Waals surface area contributed by atoms with Gasteiger partial charge in [0, 0.05) is 5.39 Å². The largest absolute Gasteiger partial charge is 0.496 e. The van der Waals surface area contributed by atoms with Crippen molar-refractivity contribution in [2.75, 3.05) is 14.2 Å². The first-order valence-corrected chi connectivity index (χ1v) is 8.04. The van der Waals surface area contributed by atoms with Crippen molar-refractivity contribution in [3.05, 3.63) is 64.6 Å². The summed E-state index contributed by atoms with van der Waals surface area (Å²) in [6, 6.07) is 17.9. The highest BCUT2D eigenvalue weighted by atomic mass is 79.9. The van der Waals surface area contributed by atoms with Crippen LogP contribution in [0.3, 0.4) is 0 Å². The molecule has 23 heavy (non-hydrogen) atoms. The van der Waals surface area contributed by atoms with Crippen molar-refractivity contribution < 1.29 is 14.2 Å². The topological polar surface area (TPSA) is 27.7 Å². The molecular formula is C19H17BrO3. The maximum absolute atomic E-state index is 6.05. The Morgan fingerprint density at radius 3 is 2.26 bits per heavy atom. The summed E-state index contributed by atoms with van der Waals surface area (Å²) in [4.78, 5) is 0. The fraction of sp³-hybridized carbons (Fsp3) is 0.158. The number of hydrogen-bond acceptors (Lipinski definition) is 3. The number of hydrogen-bond donors (Lipinski definition) is 0. The highest BCUT2D eigenvalue weighted by Crippen LogP contribution is 2.43. The number of rotatable bonds is 5. The zero-order valence-electron chi connectivity index (χ0n) is 13.0. The Morgan fingerprint density at radius 1 is 0.826 bits per heavy atom. The summed E-state index contributed by atoms with van der Waals surface area (Å²) in [6.45, 7) is 0.498. The van der Waals surface area contributed by atoms with E-state index >= 15 is 0 Å². The van der Waals surface area contributed by atoms with Crippen LogP contribution in [0.2, 0.25) is 0 Å². The van der Waals surface area contributed by atoms with Gasteiger partial charge in [-0.2, -0.15) is 0 Å². The number of benzene rings is 3. The fourth-order valence-electron chi connectivity index (χ4n) is 2.56. The molecule has 0 bridgehead atoms. The second-order valence-corrected chi connectivity index (χ2v) is 5.90. The molecule has 0 saturated carbocycles. The molecule has 3 nitrogen and oxygen atoms in total. The summed E-state index contributed by atoms with van der Waals surface area (Å²) in [7, 11) is 3.31. The lowest BCUT2D eigenvalue weighted by molar-refractivity contribution is 0.308. The number of ether oxygens (including phenoxy) is 3. The van der Waals surface area contributed by atoms with Gasteiger partial charge in [0.25, 0.3) is 0 Å². The lowest BCUT2D eigenvalue weighted by Crippen LogP contribution is -1.98. The van der Waals surface area contributed by atoms with E-state index in [-0.39, 0.29) is 0 Å². The molecule has 4 heteroatoms. The van der Waals surface area contributed by atoms with Crippen LogP contribution in [-0.2, 0) is 6.61 Å². The number of halogens is 1. The van der Waals surface area contributed by atoms with Crippen molar-refractivity contribution in [2.45, 2.75) is 6.61 Å². The Morgan fingerprint density at radius 2 is 1.57 bits per heavy atom. The van der Waals surface area contributed by atoms with Crippen LogP contribution in [0.5, 0.6) is 17.2 Å². The van der Waals surface area contributed by atoms with E-state index in [4.69, 9.17) is 14.2 Å². The Labute approximate surface area is 143 Å². The molecular weight excluding hydrogens is 356 g/mol. The lowest BCUT2D eigenvalue weighted by atomic mass is 10.1. The van der Waals surface area contributed by atoms with Crippen LogP contribution >= 0.6 is 15.9 Å². The third-order valence-electron chi connectivity index (χ3n) is 3.67. The van der Waals surface area contributed by atoms with Gasteiger partial charge >= 0.3 is 0 Å². The van der Waals surface area contributed by atoms with Gasteiger partial charge in [-0.15, -0.1) is 0 Å². The van der Waals surface area contributed by atoms with Gasteiger partial charge in [-0.3, -0.25) is 0 Å². The third-order valence-corrected chi connectivity index (χ3v) is 4.29. The molecule has 118 valence electrons. The molecule has 0 fully saturated rings. The minimum atomic E-state index is 0.498. The second-order valence-electron chi connectivity index (χ2n) is 5.04. The third kappa shape index (κ3) is 3.13. The van der Waals surface area contributed by atoms with E-state index in [0.29, 0.717) is 6.61 Å². The van der Waals surface area contributed by atoms with Gasteiger partial charge in [0.1, 0.15) is 23.9 Å². The molecule has 3 rings (SSSR count). The summed E-state index contributed by atoms with van der Waals surface area (Å²) in [5, 5.41) is 1.86. The molecule has 0 atom stereocenters. The normalized spacial score (nSPS) is 10.6. The average molecular weight is 373 g/mol. The van der Waals surface area contributed by atoms with Crippen LogP contribution in [0.1, 0.15) is 5.56 Å². The second kappa shape index (κ2) is 6.92.